The van der Waals surface area contributed by atoms with Crippen molar-refractivity contribution in [1.82, 2.24) is 4.90 Å². The van der Waals surface area contributed by atoms with E-state index in [1.54, 1.807) is 19.1 Å². The first-order valence-electron chi connectivity index (χ1n) is 7.58. The van der Waals surface area contributed by atoms with E-state index in [4.69, 9.17) is 5.73 Å². The van der Waals surface area contributed by atoms with Gasteiger partial charge in [-0.1, -0.05) is 46.9 Å². The van der Waals surface area contributed by atoms with Crippen LogP contribution in [0.2, 0.25) is 0 Å². The predicted octanol–water partition coefficient (Wildman–Crippen LogP) is 3.68. The lowest BCUT2D eigenvalue weighted by atomic mass is 10.1. The van der Waals surface area contributed by atoms with Crippen molar-refractivity contribution in [3.05, 3.63) is 36.6 Å². The van der Waals surface area contributed by atoms with Crippen molar-refractivity contribution < 1.29 is 4.79 Å². The average molecular weight is 280 g/mol. The summed E-state index contributed by atoms with van der Waals surface area (Å²) in [5.74, 6) is 0.234. The average Bonchev–Trinajstić information content (AvgIpc) is 2.96. The van der Waals surface area contributed by atoms with Crippen LogP contribution in [0.25, 0.3) is 0 Å². The number of allylic oxidation sites excluding steroid dienone is 1. The second-order valence-corrected chi connectivity index (χ2v) is 4.13. The minimum absolute atomic E-state index is 0.0487. The minimum Gasteiger partial charge on any atom is -0.398 e. The van der Waals surface area contributed by atoms with E-state index < -0.39 is 0 Å². The van der Waals surface area contributed by atoms with E-state index in [9.17, 15) is 4.79 Å². The molecular formula is C17H32N2O. The Hall–Kier alpha value is -1.35. The fraction of sp³-hybridized carbons (Fsp3) is 0.588. The number of ketones is 1. The number of nitrogens with zero attached hydrogens (tertiary/aromatic N) is 1. The van der Waals surface area contributed by atoms with Gasteiger partial charge in [0.15, 0.2) is 0 Å². The van der Waals surface area contributed by atoms with E-state index in [0.29, 0.717) is 12.2 Å². The third-order valence-electron chi connectivity index (χ3n) is 3.04. The molecule has 3 heteroatoms. The van der Waals surface area contributed by atoms with Crippen molar-refractivity contribution in [2.45, 2.75) is 53.5 Å². The highest BCUT2D eigenvalue weighted by Gasteiger charge is 2.28. The van der Waals surface area contributed by atoms with Gasteiger partial charge in [0.25, 0.3) is 0 Å². The summed E-state index contributed by atoms with van der Waals surface area (Å²) < 4.78 is 0. The fourth-order valence-corrected chi connectivity index (χ4v) is 2.10. The number of hydrogen-bond acceptors (Lipinski definition) is 3. The molecule has 2 N–H and O–H groups in total. The van der Waals surface area contributed by atoms with Gasteiger partial charge in [0.1, 0.15) is 5.78 Å². The molecule has 1 saturated heterocycles. The monoisotopic (exact) mass is 280 g/mol. The Balaban J connectivity index is 0. The Morgan fingerprint density at radius 1 is 1.25 bits per heavy atom. The lowest BCUT2D eigenvalue weighted by Crippen LogP contribution is -2.36. The van der Waals surface area contributed by atoms with Crippen LogP contribution in [-0.4, -0.2) is 29.8 Å². The molecule has 1 aliphatic rings. The van der Waals surface area contributed by atoms with Crippen LogP contribution in [0.3, 0.4) is 0 Å². The van der Waals surface area contributed by atoms with Gasteiger partial charge in [0, 0.05) is 12.2 Å². The van der Waals surface area contributed by atoms with Crippen molar-refractivity contribution in [3.8, 4) is 0 Å². The summed E-state index contributed by atoms with van der Waals surface area (Å²) in [4.78, 5) is 13.6. The van der Waals surface area contributed by atoms with Crippen molar-refractivity contribution >= 4 is 5.78 Å². The quantitative estimate of drug-likeness (QED) is 0.781. The second-order valence-electron chi connectivity index (χ2n) is 4.13. The molecule has 0 aromatic rings. The summed E-state index contributed by atoms with van der Waals surface area (Å²) in [7, 11) is 0. The highest BCUT2D eigenvalue weighted by molar-refractivity contribution is 5.81. The van der Waals surface area contributed by atoms with Gasteiger partial charge in [0.05, 0.1) is 6.04 Å². The maximum atomic E-state index is 11.4. The van der Waals surface area contributed by atoms with Gasteiger partial charge in [0.2, 0.25) is 0 Å². The molecule has 0 spiro atoms. The zero-order valence-corrected chi connectivity index (χ0v) is 13.9. The molecule has 0 bridgehead atoms. The Kier molecular flexibility index (Phi) is 13.3. The van der Waals surface area contributed by atoms with Crippen LogP contribution < -0.4 is 5.73 Å². The maximum Gasteiger partial charge on any atom is 0.146 e. The van der Waals surface area contributed by atoms with Crippen LogP contribution in [0.15, 0.2) is 36.6 Å². The molecular weight excluding hydrogens is 248 g/mol. The Morgan fingerprint density at radius 3 is 2.20 bits per heavy atom. The van der Waals surface area contributed by atoms with Crippen LogP contribution in [0.5, 0.6) is 0 Å². The number of nitrogens with two attached hydrogens (primary N) is 1. The number of carbonyl (C=O) groups is 1. The van der Waals surface area contributed by atoms with Crippen molar-refractivity contribution in [2.75, 3.05) is 13.1 Å². The van der Waals surface area contributed by atoms with Crippen LogP contribution in [-0.2, 0) is 4.79 Å². The lowest BCUT2D eigenvalue weighted by molar-refractivity contribution is -0.121. The van der Waals surface area contributed by atoms with Gasteiger partial charge in [-0.05, 0) is 38.0 Å². The molecule has 0 aromatic carbocycles. The molecule has 1 aliphatic heterocycles. The molecule has 1 unspecified atom stereocenters. The fourth-order valence-electron chi connectivity index (χ4n) is 2.10. The zero-order valence-electron chi connectivity index (χ0n) is 13.9. The third kappa shape index (κ3) is 6.71. The summed E-state index contributed by atoms with van der Waals surface area (Å²) in [5, 5.41) is 0. The number of likely N-dealkylation sites (tertiary alicyclic amines) is 1. The Bertz CT molecular complexity index is 332. The van der Waals surface area contributed by atoms with Crippen LogP contribution in [0.4, 0.5) is 0 Å². The van der Waals surface area contributed by atoms with Gasteiger partial charge in [-0.2, -0.15) is 0 Å². The van der Waals surface area contributed by atoms with Gasteiger partial charge in [-0.15, -0.1) is 0 Å². The summed E-state index contributed by atoms with van der Waals surface area (Å²) in [6.45, 7) is 18.7. The largest absolute Gasteiger partial charge is 0.398 e. The standard InChI is InChI=1S/C13H20N2O.2C2H6/c1-4-11(12(14)5-2)9-15-8-6-7-13(15)10(3)16;2*1-2/h4-5,13H,1-2,6-9,14H2,3H3;2*1-2H3/b12-11-;;. The Labute approximate surface area is 125 Å². The molecule has 3 nitrogen and oxygen atoms in total. The van der Waals surface area contributed by atoms with Crippen molar-refractivity contribution in [3.63, 3.8) is 0 Å². The first-order valence-corrected chi connectivity index (χ1v) is 7.58. The highest BCUT2D eigenvalue weighted by atomic mass is 16.1. The minimum atomic E-state index is 0.0487. The molecule has 20 heavy (non-hydrogen) atoms. The first-order chi connectivity index (χ1) is 9.60. The van der Waals surface area contributed by atoms with E-state index in [-0.39, 0.29) is 11.8 Å². The number of rotatable bonds is 5. The topological polar surface area (TPSA) is 46.3 Å². The number of carbonyl (C=O) groups excluding carboxylic acids is 1. The van der Waals surface area contributed by atoms with E-state index in [1.807, 2.05) is 27.7 Å². The van der Waals surface area contributed by atoms with Crippen LogP contribution in [0.1, 0.15) is 47.5 Å². The van der Waals surface area contributed by atoms with Gasteiger partial charge in [-0.3, -0.25) is 9.69 Å². The number of Topliss-reactive ketones (excluding diaryl/α,β-unsaturated/α-hetero) is 1. The summed E-state index contributed by atoms with van der Waals surface area (Å²) in [6, 6.07) is 0.0487. The normalized spacial score (nSPS) is 18.8. The maximum absolute atomic E-state index is 11.4. The first kappa shape index (κ1) is 21.0. The third-order valence-corrected chi connectivity index (χ3v) is 3.04. The zero-order chi connectivity index (χ0) is 16.1. The molecule has 0 saturated carbocycles. The summed E-state index contributed by atoms with van der Waals surface area (Å²) in [6.07, 6.45) is 5.39. The van der Waals surface area contributed by atoms with E-state index in [1.165, 1.54) is 0 Å². The molecule has 0 aliphatic carbocycles. The molecule has 0 amide bonds. The smallest absolute Gasteiger partial charge is 0.146 e. The summed E-state index contributed by atoms with van der Waals surface area (Å²) >= 11 is 0. The molecule has 0 aromatic heterocycles. The van der Waals surface area contributed by atoms with Crippen LogP contribution >= 0.6 is 0 Å². The van der Waals surface area contributed by atoms with Crippen molar-refractivity contribution in [2.24, 2.45) is 5.73 Å². The molecule has 1 rings (SSSR count). The van der Waals surface area contributed by atoms with Gasteiger partial charge in [-0.25, -0.2) is 0 Å². The van der Waals surface area contributed by atoms with Gasteiger partial charge >= 0.3 is 0 Å². The predicted molar refractivity (Wildman–Crippen MR) is 89.6 cm³/mol. The number of hydrogen-bond donors (Lipinski definition) is 1. The molecule has 116 valence electrons. The van der Waals surface area contributed by atoms with Crippen LogP contribution in [0, 0.1) is 0 Å². The molecule has 1 atom stereocenters. The van der Waals surface area contributed by atoms with E-state index in [2.05, 4.69) is 18.1 Å². The molecule has 1 heterocycles. The Morgan fingerprint density at radius 2 is 1.80 bits per heavy atom. The lowest BCUT2D eigenvalue weighted by Gasteiger charge is -2.23. The second kappa shape index (κ2) is 12.7. The van der Waals surface area contributed by atoms with E-state index >= 15 is 0 Å². The van der Waals surface area contributed by atoms with Crippen molar-refractivity contribution in [1.29, 1.82) is 0 Å². The summed E-state index contributed by atoms with van der Waals surface area (Å²) in [5.41, 5.74) is 7.40. The molecule has 0 radical (unpaired) electrons. The molecule has 1 fully saturated rings. The SMILES string of the molecule is C=C/C(N)=C(\C=C)CN1CCCC1C(C)=O.CC.CC. The highest BCUT2D eigenvalue weighted by Crippen LogP contribution is 2.20. The van der Waals surface area contributed by atoms with E-state index in [0.717, 1.165) is 25.0 Å². The van der Waals surface area contributed by atoms with Gasteiger partial charge < -0.3 is 5.73 Å².